The number of carboxylic acids is 4. The third kappa shape index (κ3) is 13.0. The van der Waals surface area contributed by atoms with Gasteiger partial charge in [0.2, 0.25) is 0 Å². The van der Waals surface area contributed by atoms with E-state index in [0.717, 1.165) is 12.1 Å². The van der Waals surface area contributed by atoms with E-state index >= 15 is 0 Å². The van der Waals surface area contributed by atoms with Crippen LogP contribution >= 0.6 is 0 Å². The van der Waals surface area contributed by atoms with Gasteiger partial charge < -0.3 is 60.9 Å². The van der Waals surface area contributed by atoms with Gasteiger partial charge in [0.1, 0.15) is 0 Å². The number of rotatable bonds is 12. The number of hydrogen-bond donors (Lipinski definition) is 4. The SMILES string of the molecule is O=C([O-])c1cc(NC(=O)c2ccc(NC(=O)c3cccc(C(=O)Nc4ccc(C(=O)Nc5cc(C(=O)[O-])cc6ccc(C(=O)[O-])cc56)cc4)c3)cc2)c2cc(C(=O)[O-])ccc2c1.[Na+].[Na+].[Na+].[Na+]. The van der Waals surface area contributed by atoms with Crippen LogP contribution in [-0.4, -0.2) is 47.5 Å². The molecule has 0 fully saturated rings. The maximum atomic E-state index is 13.2. The van der Waals surface area contributed by atoms with Gasteiger partial charge in [0, 0.05) is 55.8 Å². The largest absolute Gasteiger partial charge is 1.00 e. The van der Waals surface area contributed by atoms with Gasteiger partial charge in [-0.3, -0.25) is 19.2 Å². The molecule has 0 atom stereocenters. The van der Waals surface area contributed by atoms with E-state index in [1.165, 1.54) is 121 Å². The van der Waals surface area contributed by atoms with Gasteiger partial charge in [0.05, 0.1) is 23.9 Å². The minimum Gasteiger partial charge on any atom is -0.545 e. The first-order valence-electron chi connectivity index (χ1n) is 18.2. The first-order valence-corrected chi connectivity index (χ1v) is 18.2. The van der Waals surface area contributed by atoms with Crippen molar-refractivity contribution in [2.75, 3.05) is 21.3 Å². The average molecular weight is 919 g/mol. The van der Waals surface area contributed by atoms with Gasteiger partial charge in [-0.05, 0) is 136 Å². The second kappa shape index (κ2) is 24.0. The molecule has 0 unspecified atom stereocenters. The first kappa shape index (κ1) is 55.1. The standard InChI is InChI=1S/C46H30N4O12.4Na/c51-39(49-37-21-31(45(59)60)16-25-4-6-29(43(55)56)19-35(25)37)23-8-12-33(13-9-23)47-41(53)27-2-1-3-28(18-27)42(54)48-34-14-10-24(11-15-34)40(52)50-38-22-32(46(61)62)17-26-5-7-30(44(57)58)20-36(26)38;;;;/h1-22H,(H,47,53)(H,48,54)(H,49,51)(H,50,52)(H,55,56)(H,57,58)(H,59,60)(H,61,62);;;;/q;4*+1/p-4. The Balaban J connectivity index is 0.00000289. The Hall–Kier alpha value is -5.18. The van der Waals surface area contributed by atoms with Crippen molar-refractivity contribution in [2.45, 2.75) is 0 Å². The zero-order chi connectivity index (χ0) is 44.2. The summed E-state index contributed by atoms with van der Waals surface area (Å²) in [5.41, 5.74) is 0.203. The molecule has 20 heteroatoms. The number of nitrogens with one attached hydrogen (secondary N) is 4. The van der Waals surface area contributed by atoms with Crippen LogP contribution in [0.25, 0.3) is 21.5 Å². The van der Waals surface area contributed by atoms with Gasteiger partial charge in [-0.1, -0.05) is 30.3 Å². The Bertz CT molecular complexity index is 2870. The molecule has 7 aromatic rings. The van der Waals surface area contributed by atoms with Crippen molar-refractivity contribution < 1.29 is 177 Å². The Morgan fingerprint density at radius 2 is 0.621 bits per heavy atom. The van der Waals surface area contributed by atoms with Gasteiger partial charge in [-0.25, -0.2) is 0 Å². The van der Waals surface area contributed by atoms with Crippen LogP contribution in [0.1, 0.15) is 82.9 Å². The molecule has 0 saturated carbocycles. The van der Waals surface area contributed by atoms with Crippen LogP contribution in [0.15, 0.2) is 133 Å². The molecule has 66 heavy (non-hydrogen) atoms. The molecule has 7 rings (SSSR count). The van der Waals surface area contributed by atoms with Crippen LogP contribution < -0.4 is 160 Å². The van der Waals surface area contributed by atoms with E-state index in [4.69, 9.17) is 0 Å². The molecule has 16 nitrogen and oxygen atoms in total. The van der Waals surface area contributed by atoms with Crippen molar-refractivity contribution in [1.29, 1.82) is 0 Å². The van der Waals surface area contributed by atoms with Crippen LogP contribution in [0, 0.1) is 0 Å². The first-order chi connectivity index (χ1) is 29.6. The van der Waals surface area contributed by atoms with E-state index in [-0.39, 0.29) is 196 Å². The predicted molar refractivity (Wildman–Crippen MR) is 216 cm³/mol. The summed E-state index contributed by atoms with van der Waals surface area (Å²) >= 11 is 0. The Kier molecular flexibility index (Phi) is 20.1. The minimum atomic E-state index is -1.51. The van der Waals surface area contributed by atoms with Crippen molar-refractivity contribution in [3.05, 3.63) is 178 Å². The van der Waals surface area contributed by atoms with Gasteiger partial charge in [0.15, 0.2) is 0 Å². The van der Waals surface area contributed by atoms with Gasteiger partial charge in [0.25, 0.3) is 23.6 Å². The summed E-state index contributed by atoms with van der Waals surface area (Å²) in [6, 6.07) is 29.7. The third-order valence-electron chi connectivity index (χ3n) is 9.54. The van der Waals surface area contributed by atoms with Crippen molar-refractivity contribution in [3.63, 3.8) is 0 Å². The number of amides is 4. The smallest absolute Gasteiger partial charge is 0.545 e. The van der Waals surface area contributed by atoms with Gasteiger partial charge >= 0.3 is 118 Å². The van der Waals surface area contributed by atoms with E-state index in [1.807, 2.05) is 0 Å². The van der Waals surface area contributed by atoms with E-state index in [9.17, 15) is 58.8 Å². The molecule has 0 aromatic heterocycles. The zero-order valence-electron chi connectivity index (χ0n) is 35.6. The monoisotopic (exact) mass is 918 g/mol. The number of carbonyl (C=O) groups is 8. The van der Waals surface area contributed by atoms with Crippen molar-refractivity contribution in [1.82, 2.24) is 0 Å². The molecule has 4 N–H and O–H groups in total. The fourth-order valence-corrected chi connectivity index (χ4v) is 6.42. The summed E-state index contributed by atoms with van der Waals surface area (Å²) in [5, 5.41) is 57.8. The van der Waals surface area contributed by atoms with E-state index in [1.54, 1.807) is 0 Å². The van der Waals surface area contributed by atoms with E-state index in [0.29, 0.717) is 10.8 Å². The fraction of sp³-hybridized carbons (Fsp3) is 0. The number of carbonyl (C=O) groups excluding carboxylic acids is 8. The zero-order valence-corrected chi connectivity index (χ0v) is 43.6. The van der Waals surface area contributed by atoms with Crippen molar-refractivity contribution in [3.8, 4) is 0 Å². The van der Waals surface area contributed by atoms with Crippen LogP contribution in [0.5, 0.6) is 0 Å². The maximum absolute atomic E-state index is 13.2. The molecule has 306 valence electrons. The number of benzene rings is 7. The van der Waals surface area contributed by atoms with Gasteiger partial charge in [-0.2, -0.15) is 0 Å². The third-order valence-corrected chi connectivity index (χ3v) is 9.54. The normalized spacial score (nSPS) is 10.1. The summed E-state index contributed by atoms with van der Waals surface area (Å²) in [7, 11) is 0. The van der Waals surface area contributed by atoms with Crippen LogP contribution in [0.3, 0.4) is 0 Å². The number of hydrogen-bond acceptors (Lipinski definition) is 12. The van der Waals surface area contributed by atoms with Crippen molar-refractivity contribution >= 4 is 91.8 Å². The Labute approximate surface area is 462 Å². The molecule has 0 aliphatic carbocycles. The number of fused-ring (bicyclic) bond motifs is 2. The number of carboxylic acid groups (broad SMARTS) is 4. The molecule has 0 spiro atoms. The fourth-order valence-electron chi connectivity index (χ4n) is 6.42. The van der Waals surface area contributed by atoms with E-state index in [2.05, 4.69) is 21.3 Å². The molecule has 0 radical (unpaired) electrons. The summed E-state index contributed by atoms with van der Waals surface area (Å²) < 4.78 is 0. The molecule has 0 aliphatic heterocycles. The summed E-state index contributed by atoms with van der Waals surface area (Å²) in [4.78, 5) is 98.8. The summed E-state index contributed by atoms with van der Waals surface area (Å²) in [6.45, 7) is 0. The topological polar surface area (TPSA) is 277 Å². The molecular weight excluding hydrogens is 892 g/mol. The Morgan fingerprint density at radius 3 is 0.955 bits per heavy atom. The van der Waals surface area contributed by atoms with Crippen LogP contribution in [0.2, 0.25) is 0 Å². The predicted octanol–water partition coefficient (Wildman–Crippen LogP) is -9.53. The second-order valence-corrected chi connectivity index (χ2v) is 13.6. The summed E-state index contributed by atoms with van der Waals surface area (Å²) in [6.07, 6.45) is 0. The molecule has 0 saturated heterocycles. The second-order valence-electron chi connectivity index (χ2n) is 13.6. The molecule has 0 aliphatic rings. The summed E-state index contributed by atoms with van der Waals surface area (Å²) in [5.74, 6) is -8.45. The molecular formula is C46H26N4Na4O12. The maximum Gasteiger partial charge on any atom is 1.00 e. The molecule has 0 heterocycles. The number of aromatic carboxylic acids is 4. The number of anilines is 4. The quantitative estimate of drug-likeness (QED) is 0.0833. The minimum absolute atomic E-state index is 0. The molecule has 7 aromatic carbocycles. The van der Waals surface area contributed by atoms with E-state index < -0.39 is 47.5 Å². The van der Waals surface area contributed by atoms with Crippen LogP contribution in [-0.2, 0) is 0 Å². The van der Waals surface area contributed by atoms with Gasteiger partial charge in [-0.15, -0.1) is 0 Å². The Morgan fingerprint density at radius 1 is 0.303 bits per heavy atom. The molecule has 4 amide bonds. The molecule has 0 bridgehead atoms. The average Bonchev–Trinajstić information content (AvgIpc) is 3.26. The van der Waals surface area contributed by atoms with Crippen LogP contribution in [0.4, 0.5) is 22.7 Å². The van der Waals surface area contributed by atoms with Crippen molar-refractivity contribution in [2.24, 2.45) is 0 Å².